The zero-order valence-electron chi connectivity index (χ0n) is 21.4. The number of rotatable bonds is 10. The van der Waals surface area contributed by atoms with E-state index in [4.69, 9.17) is 9.47 Å². The van der Waals surface area contributed by atoms with E-state index in [1.54, 1.807) is 11.3 Å². The first-order valence-electron chi connectivity index (χ1n) is 12.8. The maximum Gasteiger partial charge on any atom is 0.238 e. The molecule has 1 aromatic heterocycles. The number of hydrogen-bond acceptors (Lipinski definition) is 8. The van der Waals surface area contributed by atoms with Crippen LogP contribution in [0.5, 0.6) is 17.2 Å². The number of carbonyl (C=O) groups excluding carboxylic acids is 1. The van der Waals surface area contributed by atoms with E-state index < -0.39 is 6.10 Å². The van der Waals surface area contributed by atoms with Crippen LogP contribution < -0.4 is 14.8 Å². The van der Waals surface area contributed by atoms with Crippen molar-refractivity contribution in [3.8, 4) is 17.2 Å². The largest absolute Gasteiger partial charge is 0.491 e. The lowest BCUT2D eigenvalue weighted by Crippen LogP contribution is -2.50. The monoisotopic (exact) mass is 532 g/mol. The third-order valence-electron chi connectivity index (χ3n) is 6.34. The van der Waals surface area contributed by atoms with Gasteiger partial charge in [0.05, 0.1) is 27.5 Å². The minimum Gasteiger partial charge on any atom is -0.491 e. The zero-order chi connectivity index (χ0) is 26.3. The van der Waals surface area contributed by atoms with Crippen LogP contribution in [0.4, 0.5) is 5.69 Å². The molecule has 1 aliphatic heterocycles. The molecule has 0 bridgehead atoms. The molecular formula is C29H32N4O4S. The second-order valence-electron chi connectivity index (χ2n) is 9.36. The van der Waals surface area contributed by atoms with Gasteiger partial charge in [-0.1, -0.05) is 30.3 Å². The Morgan fingerprint density at radius 2 is 1.74 bits per heavy atom. The van der Waals surface area contributed by atoms with Crippen LogP contribution in [-0.4, -0.2) is 77.8 Å². The number of amides is 1. The van der Waals surface area contributed by atoms with Crippen molar-refractivity contribution in [2.45, 2.75) is 13.0 Å². The summed E-state index contributed by atoms with van der Waals surface area (Å²) in [6.45, 7) is 6.11. The summed E-state index contributed by atoms with van der Waals surface area (Å²) in [5.41, 5.74) is 1.57. The molecule has 198 valence electrons. The molecule has 38 heavy (non-hydrogen) atoms. The molecule has 4 aromatic rings. The van der Waals surface area contributed by atoms with Crippen molar-refractivity contribution >= 4 is 33.1 Å². The van der Waals surface area contributed by atoms with Gasteiger partial charge in [0.1, 0.15) is 24.2 Å². The standard InChI is InChI=1S/C29H32N4O4S/c1-21-30-26-17-24(11-12-28(26)38-21)36-20-22(34)18-32-13-15-33(16-14-32)19-29(35)31-25-9-5-6-10-27(25)37-23-7-3-2-4-8-23/h2-12,17,22,34H,13-16,18-20H2,1H3,(H,31,35)/t22-/m1/s1. The Morgan fingerprint density at radius 3 is 2.55 bits per heavy atom. The molecule has 5 rings (SSSR count). The van der Waals surface area contributed by atoms with Crippen molar-refractivity contribution in [3.63, 3.8) is 0 Å². The van der Waals surface area contributed by atoms with Crippen molar-refractivity contribution < 1.29 is 19.4 Å². The number of carbonyl (C=O) groups is 1. The number of aliphatic hydroxyl groups is 1. The van der Waals surface area contributed by atoms with E-state index in [-0.39, 0.29) is 12.5 Å². The third kappa shape index (κ3) is 7.08. The summed E-state index contributed by atoms with van der Waals surface area (Å²) in [6.07, 6.45) is -0.598. The van der Waals surface area contributed by atoms with E-state index in [1.807, 2.05) is 79.7 Å². The average Bonchev–Trinajstić information content (AvgIpc) is 3.29. The molecule has 0 saturated carbocycles. The van der Waals surface area contributed by atoms with E-state index >= 15 is 0 Å². The number of fused-ring (bicyclic) bond motifs is 1. The van der Waals surface area contributed by atoms with Gasteiger partial charge in [0.15, 0.2) is 5.75 Å². The van der Waals surface area contributed by atoms with Crippen LogP contribution in [0.25, 0.3) is 10.2 Å². The molecule has 2 heterocycles. The molecule has 2 N–H and O–H groups in total. The molecule has 0 aliphatic carbocycles. The summed E-state index contributed by atoms with van der Waals surface area (Å²) in [4.78, 5) is 21.6. The number of ether oxygens (including phenoxy) is 2. The molecule has 9 heteroatoms. The normalized spacial score (nSPS) is 15.3. The number of para-hydroxylation sites is 3. The lowest BCUT2D eigenvalue weighted by molar-refractivity contribution is -0.117. The molecule has 1 amide bonds. The maximum absolute atomic E-state index is 12.8. The number of anilines is 1. The number of hydrogen-bond donors (Lipinski definition) is 2. The fourth-order valence-corrected chi connectivity index (χ4v) is 5.26. The summed E-state index contributed by atoms with van der Waals surface area (Å²) >= 11 is 1.66. The topological polar surface area (TPSA) is 87.2 Å². The third-order valence-corrected chi connectivity index (χ3v) is 7.29. The number of β-amino-alcohol motifs (C(OH)–C–C–N with tert-alkyl or cyclic N) is 1. The Morgan fingerprint density at radius 1 is 1.00 bits per heavy atom. The molecule has 0 spiro atoms. The Kier molecular flexibility index (Phi) is 8.50. The van der Waals surface area contributed by atoms with E-state index in [2.05, 4.69) is 20.1 Å². The van der Waals surface area contributed by atoms with Gasteiger partial charge < -0.3 is 19.9 Å². The Hall–Kier alpha value is -3.50. The Labute approximate surface area is 226 Å². The van der Waals surface area contributed by atoms with Gasteiger partial charge in [-0.25, -0.2) is 4.98 Å². The summed E-state index contributed by atoms with van der Waals surface area (Å²) in [5, 5.41) is 14.5. The summed E-state index contributed by atoms with van der Waals surface area (Å²) in [6, 6.07) is 22.8. The Balaban J connectivity index is 1.04. The maximum atomic E-state index is 12.8. The molecule has 1 atom stereocenters. The number of aromatic nitrogens is 1. The number of nitrogens with zero attached hydrogens (tertiary/aromatic N) is 3. The number of nitrogens with one attached hydrogen (secondary N) is 1. The van der Waals surface area contributed by atoms with Crippen LogP contribution in [0, 0.1) is 6.92 Å². The molecule has 3 aromatic carbocycles. The average molecular weight is 533 g/mol. The predicted octanol–water partition coefficient (Wildman–Crippen LogP) is 4.39. The van der Waals surface area contributed by atoms with Crippen molar-refractivity contribution in [2.75, 3.05) is 51.2 Å². The van der Waals surface area contributed by atoms with Gasteiger partial charge in [0.25, 0.3) is 0 Å². The second kappa shape index (κ2) is 12.4. The first kappa shape index (κ1) is 26.1. The fourth-order valence-electron chi connectivity index (χ4n) is 4.45. The molecule has 1 aliphatic rings. The van der Waals surface area contributed by atoms with Gasteiger partial charge in [0.2, 0.25) is 5.91 Å². The van der Waals surface area contributed by atoms with Crippen molar-refractivity contribution in [1.82, 2.24) is 14.8 Å². The van der Waals surface area contributed by atoms with Gasteiger partial charge in [-0.3, -0.25) is 14.6 Å². The van der Waals surface area contributed by atoms with Crippen molar-refractivity contribution in [2.24, 2.45) is 0 Å². The predicted molar refractivity (Wildman–Crippen MR) is 150 cm³/mol. The van der Waals surface area contributed by atoms with Crippen LogP contribution in [0.15, 0.2) is 72.8 Å². The number of thiazole rings is 1. The molecule has 8 nitrogen and oxygen atoms in total. The molecular weight excluding hydrogens is 500 g/mol. The highest BCUT2D eigenvalue weighted by Crippen LogP contribution is 2.29. The smallest absolute Gasteiger partial charge is 0.238 e. The minimum atomic E-state index is -0.598. The molecule has 0 unspecified atom stereocenters. The highest BCUT2D eigenvalue weighted by molar-refractivity contribution is 7.18. The number of aryl methyl sites for hydroxylation is 1. The van der Waals surface area contributed by atoms with Gasteiger partial charge in [0, 0.05) is 38.8 Å². The van der Waals surface area contributed by atoms with Gasteiger partial charge in [-0.2, -0.15) is 0 Å². The van der Waals surface area contributed by atoms with Gasteiger partial charge >= 0.3 is 0 Å². The fraction of sp³-hybridized carbons (Fsp3) is 0.310. The van der Waals surface area contributed by atoms with Crippen LogP contribution >= 0.6 is 11.3 Å². The van der Waals surface area contributed by atoms with E-state index in [9.17, 15) is 9.90 Å². The van der Waals surface area contributed by atoms with Crippen LogP contribution in [0.2, 0.25) is 0 Å². The van der Waals surface area contributed by atoms with Gasteiger partial charge in [-0.05, 0) is 43.3 Å². The summed E-state index contributed by atoms with van der Waals surface area (Å²) in [5.74, 6) is 1.96. The zero-order valence-corrected chi connectivity index (χ0v) is 22.2. The molecule has 1 saturated heterocycles. The van der Waals surface area contributed by atoms with E-state index in [0.717, 1.165) is 41.4 Å². The highest BCUT2D eigenvalue weighted by Gasteiger charge is 2.21. The van der Waals surface area contributed by atoms with Gasteiger partial charge in [-0.15, -0.1) is 11.3 Å². The minimum absolute atomic E-state index is 0.0803. The SMILES string of the molecule is Cc1nc2cc(OC[C@H](O)CN3CCN(CC(=O)Nc4ccccc4Oc4ccccc4)CC3)ccc2s1. The lowest BCUT2D eigenvalue weighted by atomic mass is 10.2. The van der Waals surface area contributed by atoms with Crippen LogP contribution in [0.1, 0.15) is 5.01 Å². The van der Waals surface area contributed by atoms with E-state index in [1.165, 1.54) is 0 Å². The lowest BCUT2D eigenvalue weighted by Gasteiger charge is -2.35. The molecule has 1 fully saturated rings. The Bertz CT molecular complexity index is 1360. The quantitative estimate of drug-likeness (QED) is 0.313. The van der Waals surface area contributed by atoms with Crippen molar-refractivity contribution in [1.29, 1.82) is 0 Å². The first-order chi connectivity index (χ1) is 18.5. The van der Waals surface area contributed by atoms with Crippen LogP contribution in [-0.2, 0) is 4.79 Å². The van der Waals surface area contributed by atoms with E-state index in [0.29, 0.717) is 36.0 Å². The van der Waals surface area contributed by atoms with Crippen LogP contribution in [0.3, 0.4) is 0 Å². The van der Waals surface area contributed by atoms with Crippen molar-refractivity contribution in [3.05, 3.63) is 77.8 Å². The number of benzene rings is 3. The second-order valence-corrected chi connectivity index (χ2v) is 10.6. The molecule has 0 radical (unpaired) electrons. The highest BCUT2D eigenvalue weighted by atomic mass is 32.1. The number of piperazine rings is 1. The first-order valence-corrected chi connectivity index (χ1v) is 13.6. The summed E-state index contributed by atoms with van der Waals surface area (Å²) < 4.78 is 12.9. The number of aliphatic hydroxyl groups excluding tert-OH is 1. The summed E-state index contributed by atoms with van der Waals surface area (Å²) in [7, 11) is 0.